The number of imidazole rings is 4. The van der Waals surface area contributed by atoms with Crippen LogP contribution in [0.25, 0.3) is 0 Å². The van der Waals surface area contributed by atoms with Gasteiger partial charge in [-0.05, 0) is 0 Å². The molecule has 2 radical (unpaired) electrons. The van der Waals surface area contributed by atoms with E-state index in [1.807, 2.05) is 56.1 Å². The van der Waals surface area contributed by atoms with Crippen LogP contribution < -0.4 is 39.3 Å². The molecule has 60 heavy (non-hydrogen) atoms. The molecule has 24 heteroatoms. The number of H-pyrrole nitrogens is 4. The third kappa shape index (κ3) is 17.9. The average molecular weight is 1100 g/mol. The predicted molar refractivity (Wildman–Crippen MR) is 219 cm³/mol. The van der Waals surface area contributed by atoms with Gasteiger partial charge in [0.2, 0.25) is 0 Å². The Morgan fingerprint density at radius 2 is 0.867 bits per heavy atom. The molecule has 332 valence electrons. The number of aliphatic carboxylic acids is 4. The number of hydrogen-bond donors (Lipinski definition) is 4. The van der Waals surface area contributed by atoms with E-state index in [2.05, 4.69) is 71.9 Å². The number of aromatic amines is 4. The van der Waals surface area contributed by atoms with Gasteiger partial charge in [-0.25, -0.2) is 0 Å². The zero-order chi connectivity index (χ0) is 45.5. The average Bonchev–Trinajstić information content (AvgIpc) is 3.97. The van der Waals surface area contributed by atoms with Gasteiger partial charge in [0.05, 0.1) is 0 Å². The van der Waals surface area contributed by atoms with Crippen LogP contribution in [-0.4, -0.2) is 234 Å². The summed E-state index contributed by atoms with van der Waals surface area (Å²) in [5.41, 5.74) is 3.12. The van der Waals surface area contributed by atoms with Crippen LogP contribution >= 0.6 is 0 Å². The number of nitrogens with one attached hydrogen (secondary N) is 4. The number of carbonyl (C=O) groups excluding carboxylic acids is 4. The van der Waals surface area contributed by atoms with E-state index >= 15 is 0 Å². The SMILES string of the molecule is CCN(C)C(Cc1cnc([Se])[nH]1)C(=O)[O-].CCN(C)C(Cc1cnc([Se])[nH]1)C(=O)[O-].C[N+](C)(C)C(Cc1cnc([Se][Se]c2ncc(CC(C(=O)[O-])[N+](C)(C)C)[nH]2)[nH]1)C(=O)[O-]. The van der Waals surface area contributed by atoms with Crippen molar-refractivity contribution in [3.05, 3.63) is 47.6 Å². The van der Waals surface area contributed by atoms with Crippen LogP contribution in [0.5, 0.6) is 0 Å². The second kappa shape index (κ2) is 24.3. The number of quaternary nitrogens is 2. The number of nitrogens with zero attached hydrogens (tertiary/aromatic N) is 8. The first-order valence-electron chi connectivity index (χ1n) is 18.6. The van der Waals surface area contributed by atoms with E-state index in [0.717, 1.165) is 32.2 Å². The van der Waals surface area contributed by atoms with Gasteiger partial charge in [-0.3, -0.25) is 0 Å². The molecule has 4 aromatic heterocycles. The summed E-state index contributed by atoms with van der Waals surface area (Å²) in [5, 5.41) is 44.7. The quantitative estimate of drug-likeness (QED) is 0.0446. The van der Waals surface area contributed by atoms with Gasteiger partial charge in [0.25, 0.3) is 0 Å². The van der Waals surface area contributed by atoms with Gasteiger partial charge < -0.3 is 0 Å². The Hall–Kier alpha value is -3.36. The third-order valence-electron chi connectivity index (χ3n) is 9.29. The number of carbonyl (C=O) groups is 4. The van der Waals surface area contributed by atoms with Gasteiger partial charge in [-0.15, -0.1) is 0 Å². The summed E-state index contributed by atoms with van der Waals surface area (Å²) in [4.78, 5) is 77.2. The molecule has 0 amide bonds. The van der Waals surface area contributed by atoms with E-state index < -0.39 is 48.0 Å². The Kier molecular flexibility index (Phi) is 21.4. The summed E-state index contributed by atoms with van der Waals surface area (Å²) in [7, 11) is 14.5. The van der Waals surface area contributed by atoms with E-state index in [9.17, 15) is 39.6 Å². The zero-order valence-electron chi connectivity index (χ0n) is 35.3. The van der Waals surface area contributed by atoms with Crippen LogP contribution in [-0.2, 0) is 44.9 Å². The first-order chi connectivity index (χ1) is 27.9. The van der Waals surface area contributed by atoms with Gasteiger partial charge in [0.1, 0.15) is 0 Å². The number of likely N-dealkylation sites (N-methyl/N-ethyl adjacent to an activating group) is 4. The fraction of sp³-hybridized carbons (Fsp3) is 0.556. The molecule has 4 N–H and O–H groups in total. The number of rotatable bonds is 21. The van der Waals surface area contributed by atoms with E-state index in [0.29, 0.717) is 48.2 Å². The van der Waals surface area contributed by atoms with Crippen LogP contribution in [0.15, 0.2) is 24.8 Å². The number of carboxylic acids is 4. The third-order valence-corrected chi connectivity index (χ3v) is 16.2. The monoisotopic (exact) mass is 1100 g/mol. The van der Waals surface area contributed by atoms with Crippen molar-refractivity contribution >= 4 is 101 Å². The molecule has 0 fully saturated rings. The standard InChI is InChI=1S/C18H28N6O4Se2.2C9H14N3O2Se/c1-23(2,3)13(15(25)26)7-11-9-19-17(21-11)29-30-18-20-10-12(22-18)8-14(16(27)28)24(4,5)6;2*1-3-12(2)7(8(13)14)4-6-5-10-9(15)11-6/h9-10,13-14H,7-8H2,1-6H3,(H2-2,19,20,21,22,25,26,27,28);2*5,7H,3-4H2,1-2H3,(H,10,11)(H,13,14)/p-2. The molecule has 0 bridgehead atoms. The number of hydrogen-bond acceptors (Lipinski definition) is 14. The van der Waals surface area contributed by atoms with Crippen molar-refractivity contribution in [3.8, 4) is 0 Å². The van der Waals surface area contributed by atoms with Crippen molar-refractivity contribution < 1.29 is 48.6 Å². The molecule has 4 rings (SSSR count). The Morgan fingerprint density at radius 1 is 0.567 bits per heavy atom. The first kappa shape index (κ1) is 52.8. The van der Waals surface area contributed by atoms with Gasteiger partial charge in [0, 0.05) is 0 Å². The summed E-state index contributed by atoms with van der Waals surface area (Å²) >= 11 is 5.51. The summed E-state index contributed by atoms with van der Waals surface area (Å²) in [6.45, 7) is 5.14. The maximum absolute atomic E-state index is 11.4. The number of carboxylic acid groups (broad SMARTS) is 4. The van der Waals surface area contributed by atoms with Crippen molar-refractivity contribution in [2.75, 3.05) is 69.5 Å². The molecule has 0 saturated heterocycles. The molecule has 0 aliphatic heterocycles. The van der Waals surface area contributed by atoms with Crippen LogP contribution in [0.1, 0.15) is 36.6 Å². The molecule has 4 heterocycles. The van der Waals surface area contributed by atoms with E-state index in [-0.39, 0.29) is 35.2 Å². The van der Waals surface area contributed by atoms with Crippen molar-refractivity contribution in [2.24, 2.45) is 0 Å². The summed E-state index contributed by atoms with van der Waals surface area (Å²) in [5.74, 6) is -4.29. The molecule has 0 saturated carbocycles. The maximum atomic E-state index is 11.4. The van der Waals surface area contributed by atoms with Crippen LogP contribution in [0.4, 0.5) is 0 Å². The molecule has 4 unspecified atom stereocenters. The second-order valence-corrected chi connectivity index (χ2v) is 23.1. The second-order valence-electron chi connectivity index (χ2n) is 15.6. The molecule has 0 aliphatic carbocycles. The minimum absolute atomic E-state index is 0.0295. The van der Waals surface area contributed by atoms with Crippen LogP contribution in [0.2, 0.25) is 0 Å². The Morgan fingerprint density at radius 3 is 1.10 bits per heavy atom. The Balaban J connectivity index is 0.000000346. The number of aromatic nitrogens is 8. The van der Waals surface area contributed by atoms with Crippen molar-refractivity contribution in [1.29, 1.82) is 0 Å². The Bertz CT molecular complexity index is 1830. The fourth-order valence-electron chi connectivity index (χ4n) is 5.39. The molecule has 20 nitrogen and oxygen atoms in total. The van der Waals surface area contributed by atoms with Crippen molar-refractivity contribution in [2.45, 2.75) is 63.7 Å². The molecule has 4 aromatic rings. The van der Waals surface area contributed by atoms with Crippen LogP contribution in [0, 0.1) is 0 Å². The summed E-state index contributed by atoms with van der Waals surface area (Å²) in [6, 6.07) is -2.56. The molecule has 4 atom stereocenters. The zero-order valence-corrected chi connectivity index (χ0v) is 42.2. The van der Waals surface area contributed by atoms with E-state index in [1.54, 1.807) is 48.7 Å². The molecular weight excluding hydrogens is 1040 g/mol. The van der Waals surface area contributed by atoms with Gasteiger partial charge >= 0.3 is 380 Å². The first-order valence-corrected chi connectivity index (χ1v) is 26.3. The minimum atomic E-state index is -1.08. The summed E-state index contributed by atoms with van der Waals surface area (Å²) in [6.07, 6.45) is 8.01. The Labute approximate surface area is 377 Å². The van der Waals surface area contributed by atoms with Gasteiger partial charge in [-0.2, -0.15) is 0 Å². The van der Waals surface area contributed by atoms with Crippen LogP contribution in [0.3, 0.4) is 0 Å². The van der Waals surface area contributed by atoms with Gasteiger partial charge in [-0.1, -0.05) is 0 Å². The molecular formula is C36H54N12O8Se4-2. The molecule has 0 aliphatic rings. The van der Waals surface area contributed by atoms with E-state index in [1.165, 1.54) is 0 Å². The molecule has 0 aromatic carbocycles. The summed E-state index contributed by atoms with van der Waals surface area (Å²) < 4.78 is 3.52. The van der Waals surface area contributed by atoms with Crippen molar-refractivity contribution in [3.63, 3.8) is 0 Å². The fourth-order valence-corrected chi connectivity index (χ4v) is 11.2. The van der Waals surface area contributed by atoms with Crippen molar-refractivity contribution in [1.82, 2.24) is 49.7 Å². The molecule has 0 spiro atoms. The van der Waals surface area contributed by atoms with E-state index in [4.69, 9.17) is 0 Å². The van der Waals surface area contributed by atoms with Gasteiger partial charge in [0.15, 0.2) is 0 Å². The predicted octanol–water partition coefficient (Wildman–Crippen LogP) is -9.23. The normalized spacial score (nSPS) is 13.7. The topological polar surface area (TPSA) is 282 Å².